The minimum atomic E-state index is -0.0553. The van der Waals surface area contributed by atoms with Crippen LogP contribution in [-0.2, 0) is 4.79 Å². The first-order valence-corrected chi connectivity index (χ1v) is 8.52. The van der Waals surface area contributed by atoms with Crippen LogP contribution in [0.1, 0.15) is 11.3 Å². The summed E-state index contributed by atoms with van der Waals surface area (Å²) in [6.07, 6.45) is 7.48. The van der Waals surface area contributed by atoms with Gasteiger partial charge in [0.25, 0.3) is 0 Å². The SMILES string of the molecule is O=C(/C=C/c1cccs1)N1CC[C@H](Oc2ncc(Br)cn2)C1. The maximum atomic E-state index is 12.1. The molecule has 0 aromatic carbocycles. The highest BCUT2D eigenvalue weighted by atomic mass is 79.9. The van der Waals surface area contributed by atoms with Crippen molar-refractivity contribution in [1.82, 2.24) is 14.9 Å². The Morgan fingerprint density at radius 3 is 3.00 bits per heavy atom. The van der Waals surface area contributed by atoms with Crippen molar-refractivity contribution in [3.63, 3.8) is 0 Å². The molecule has 7 heteroatoms. The van der Waals surface area contributed by atoms with E-state index in [-0.39, 0.29) is 12.0 Å². The maximum Gasteiger partial charge on any atom is 0.316 e. The highest BCUT2D eigenvalue weighted by molar-refractivity contribution is 9.10. The molecule has 1 saturated heterocycles. The second kappa shape index (κ2) is 7.02. The minimum Gasteiger partial charge on any atom is -0.458 e. The zero-order valence-electron chi connectivity index (χ0n) is 11.7. The van der Waals surface area contributed by atoms with Crippen molar-refractivity contribution in [2.45, 2.75) is 12.5 Å². The summed E-state index contributed by atoms with van der Waals surface area (Å²) in [5, 5.41) is 1.99. The summed E-state index contributed by atoms with van der Waals surface area (Å²) in [6, 6.07) is 4.29. The number of ether oxygens (including phenoxy) is 1. The molecule has 1 fully saturated rings. The fourth-order valence-electron chi connectivity index (χ4n) is 2.18. The van der Waals surface area contributed by atoms with Gasteiger partial charge in [-0.15, -0.1) is 11.3 Å². The summed E-state index contributed by atoms with van der Waals surface area (Å²) in [4.78, 5) is 23.2. The van der Waals surface area contributed by atoms with Gasteiger partial charge in [-0.3, -0.25) is 4.79 Å². The molecular formula is C15H14BrN3O2S. The summed E-state index contributed by atoms with van der Waals surface area (Å²) in [7, 11) is 0. The Morgan fingerprint density at radius 1 is 1.45 bits per heavy atom. The zero-order chi connectivity index (χ0) is 15.4. The Morgan fingerprint density at radius 2 is 2.27 bits per heavy atom. The molecule has 3 heterocycles. The second-order valence-electron chi connectivity index (χ2n) is 4.85. The molecule has 1 aliphatic heterocycles. The first-order chi connectivity index (χ1) is 10.7. The molecule has 1 aliphatic rings. The number of carbonyl (C=O) groups excluding carboxylic acids is 1. The molecule has 0 aliphatic carbocycles. The standard InChI is InChI=1S/C15H14BrN3O2S/c16-11-8-17-15(18-9-11)21-12-5-6-19(10-12)14(20)4-3-13-2-1-7-22-13/h1-4,7-9,12H,5-6,10H2/b4-3+/t12-/m0/s1. The molecule has 3 rings (SSSR count). The lowest BCUT2D eigenvalue weighted by atomic mass is 10.3. The summed E-state index contributed by atoms with van der Waals surface area (Å²) in [5.41, 5.74) is 0. The van der Waals surface area contributed by atoms with Crippen molar-refractivity contribution < 1.29 is 9.53 Å². The number of hydrogen-bond donors (Lipinski definition) is 0. The molecule has 2 aromatic rings. The average Bonchev–Trinajstić information content (AvgIpc) is 3.19. The number of rotatable bonds is 4. The lowest BCUT2D eigenvalue weighted by Gasteiger charge is -2.14. The lowest BCUT2D eigenvalue weighted by Crippen LogP contribution is -2.29. The molecule has 0 unspecified atom stereocenters. The van der Waals surface area contributed by atoms with E-state index in [2.05, 4.69) is 25.9 Å². The van der Waals surface area contributed by atoms with Gasteiger partial charge in [-0.25, -0.2) is 9.97 Å². The molecule has 1 atom stereocenters. The maximum absolute atomic E-state index is 12.1. The van der Waals surface area contributed by atoms with E-state index in [0.29, 0.717) is 19.1 Å². The molecule has 5 nitrogen and oxygen atoms in total. The van der Waals surface area contributed by atoms with Crippen LogP contribution in [0.2, 0.25) is 0 Å². The molecule has 0 N–H and O–H groups in total. The van der Waals surface area contributed by atoms with E-state index in [1.807, 2.05) is 23.6 Å². The Labute approximate surface area is 140 Å². The number of hydrogen-bond acceptors (Lipinski definition) is 5. The Kier molecular flexibility index (Phi) is 4.84. The van der Waals surface area contributed by atoms with Crippen LogP contribution < -0.4 is 4.74 Å². The van der Waals surface area contributed by atoms with Crippen molar-refractivity contribution in [1.29, 1.82) is 0 Å². The number of nitrogens with zero attached hydrogens (tertiary/aromatic N) is 3. The van der Waals surface area contributed by atoms with Crippen LogP contribution in [0.3, 0.4) is 0 Å². The largest absolute Gasteiger partial charge is 0.458 e. The molecular weight excluding hydrogens is 366 g/mol. The summed E-state index contributed by atoms with van der Waals surface area (Å²) < 4.78 is 6.51. The summed E-state index contributed by atoms with van der Waals surface area (Å²) in [5.74, 6) is 0.0104. The van der Waals surface area contributed by atoms with Crippen LogP contribution in [-0.4, -0.2) is 40.0 Å². The molecule has 114 valence electrons. The van der Waals surface area contributed by atoms with Crippen LogP contribution in [0, 0.1) is 0 Å². The Bertz CT molecular complexity index is 658. The lowest BCUT2D eigenvalue weighted by molar-refractivity contribution is -0.125. The monoisotopic (exact) mass is 379 g/mol. The van der Waals surface area contributed by atoms with E-state index in [4.69, 9.17) is 4.74 Å². The summed E-state index contributed by atoms with van der Waals surface area (Å²) in [6.45, 7) is 1.25. The van der Waals surface area contributed by atoms with Crippen molar-refractivity contribution >= 4 is 39.2 Å². The number of likely N-dealkylation sites (tertiary alicyclic amines) is 1. The first kappa shape index (κ1) is 15.2. The van der Waals surface area contributed by atoms with Crippen molar-refractivity contribution in [2.24, 2.45) is 0 Å². The summed E-state index contributed by atoms with van der Waals surface area (Å²) >= 11 is 4.89. The van der Waals surface area contributed by atoms with Gasteiger partial charge in [-0.1, -0.05) is 6.07 Å². The van der Waals surface area contributed by atoms with E-state index in [1.54, 1.807) is 34.7 Å². The smallest absolute Gasteiger partial charge is 0.316 e. The van der Waals surface area contributed by atoms with Crippen LogP contribution in [0.15, 0.2) is 40.5 Å². The zero-order valence-corrected chi connectivity index (χ0v) is 14.1. The Balaban J connectivity index is 1.53. The van der Waals surface area contributed by atoms with Crippen molar-refractivity contribution in [2.75, 3.05) is 13.1 Å². The van der Waals surface area contributed by atoms with E-state index in [9.17, 15) is 4.79 Å². The number of carbonyl (C=O) groups is 1. The van der Waals surface area contributed by atoms with Crippen LogP contribution in [0.5, 0.6) is 6.01 Å². The van der Waals surface area contributed by atoms with Gasteiger partial charge in [-0.2, -0.15) is 0 Å². The quantitative estimate of drug-likeness (QED) is 0.766. The van der Waals surface area contributed by atoms with E-state index in [0.717, 1.165) is 15.8 Å². The normalized spacial score (nSPS) is 18.0. The number of amides is 1. The predicted molar refractivity (Wildman–Crippen MR) is 88.7 cm³/mol. The third-order valence-electron chi connectivity index (χ3n) is 3.26. The molecule has 1 amide bonds. The van der Waals surface area contributed by atoms with Crippen LogP contribution >= 0.6 is 27.3 Å². The topological polar surface area (TPSA) is 55.3 Å². The van der Waals surface area contributed by atoms with Crippen molar-refractivity contribution in [3.8, 4) is 6.01 Å². The van der Waals surface area contributed by atoms with Crippen LogP contribution in [0.4, 0.5) is 0 Å². The fraction of sp³-hybridized carbons (Fsp3) is 0.267. The number of thiophene rings is 1. The molecule has 0 spiro atoms. The van der Waals surface area contributed by atoms with Gasteiger partial charge in [0.15, 0.2) is 0 Å². The highest BCUT2D eigenvalue weighted by Crippen LogP contribution is 2.17. The van der Waals surface area contributed by atoms with Gasteiger partial charge in [0.1, 0.15) is 6.10 Å². The van der Waals surface area contributed by atoms with Gasteiger partial charge in [-0.05, 0) is 33.5 Å². The fourth-order valence-corrected chi connectivity index (χ4v) is 3.00. The minimum absolute atomic E-state index is 0.0104. The average molecular weight is 380 g/mol. The van der Waals surface area contributed by atoms with Gasteiger partial charge in [0.2, 0.25) is 5.91 Å². The molecule has 0 saturated carbocycles. The second-order valence-corrected chi connectivity index (χ2v) is 6.74. The first-order valence-electron chi connectivity index (χ1n) is 6.85. The molecule has 2 aromatic heterocycles. The van der Waals surface area contributed by atoms with Gasteiger partial charge < -0.3 is 9.64 Å². The molecule has 0 bridgehead atoms. The number of aromatic nitrogens is 2. The van der Waals surface area contributed by atoms with E-state index < -0.39 is 0 Å². The Hall–Kier alpha value is -1.73. The molecule has 22 heavy (non-hydrogen) atoms. The van der Waals surface area contributed by atoms with E-state index >= 15 is 0 Å². The molecule has 0 radical (unpaired) electrons. The van der Waals surface area contributed by atoms with Gasteiger partial charge in [0, 0.05) is 36.3 Å². The van der Waals surface area contributed by atoms with E-state index in [1.165, 1.54) is 0 Å². The predicted octanol–water partition coefficient (Wildman–Crippen LogP) is 2.99. The van der Waals surface area contributed by atoms with Crippen molar-refractivity contribution in [3.05, 3.63) is 45.3 Å². The third kappa shape index (κ3) is 3.92. The third-order valence-corrected chi connectivity index (χ3v) is 4.51. The highest BCUT2D eigenvalue weighted by Gasteiger charge is 2.27. The van der Waals surface area contributed by atoms with Gasteiger partial charge in [0.05, 0.1) is 11.0 Å². The number of halogens is 1. The van der Waals surface area contributed by atoms with Gasteiger partial charge >= 0.3 is 6.01 Å². The van der Waals surface area contributed by atoms with Crippen LogP contribution in [0.25, 0.3) is 6.08 Å².